The zero-order valence-electron chi connectivity index (χ0n) is 21.8. The van der Waals surface area contributed by atoms with Gasteiger partial charge in [-0.3, -0.25) is 10.1 Å². The number of rotatable bonds is 7. The van der Waals surface area contributed by atoms with Gasteiger partial charge in [0.15, 0.2) is 0 Å². The fourth-order valence-corrected chi connectivity index (χ4v) is 5.19. The number of hydrogen-bond donors (Lipinski definition) is 0. The van der Waals surface area contributed by atoms with Gasteiger partial charge in [0, 0.05) is 23.1 Å². The van der Waals surface area contributed by atoms with Crippen molar-refractivity contribution in [2.75, 3.05) is 0 Å². The molecule has 5 aromatic rings. The summed E-state index contributed by atoms with van der Waals surface area (Å²) in [5, 5.41) is 22.6. The van der Waals surface area contributed by atoms with Gasteiger partial charge in [-0.2, -0.15) is 10.2 Å². The van der Waals surface area contributed by atoms with Crippen molar-refractivity contribution in [3.63, 3.8) is 0 Å². The number of non-ortho nitro benzene ring substituents is 1. The van der Waals surface area contributed by atoms with Gasteiger partial charge >= 0.3 is 0 Å². The van der Waals surface area contributed by atoms with E-state index in [-0.39, 0.29) is 11.5 Å². The van der Waals surface area contributed by atoms with Gasteiger partial charge in [0.2, 0.25) is 4.80 Å². The zero-order chi connectivity index (χ0) is 28.4. The largest absolute Gasteiger partial charge is 0.269 e. The second-order valence-electron chi connectivity index (χ2n) is 9.30. The van der Waals surface area contributed by atoms with Crippen molar-refractivity contribution in [1.29, 1.82) is 0 Å². The molecule has 3 aromatic carbocycles. The number of nitro benzene ring substituents is 1. The maximum absolute atomic E-state index is 13.4. The number of aromatic nitrogens is 3. The van der Waals surface area contributed by atoms with Crippen molar-refractivity contribution in [2.24, 2.45) is 10.1 Å². The molecule has 0 unspecified atom stereocenters. The molecule has 0 atom stereocenters. The van der Waals surface area contributed by atoms with Crippen LogP contribution in [0.5, 0.6) is 0 Å². The van der Waals surface area contributed by atoms with Crippen LogP contribution in [0.3, 0.4) is 0 Å². The summed E-state index contributed by atoms with van der Waals surface area (Å²) in [5.74, 6) is 0.0520. The molecule has 0 amide bonds. The van der Waals surface area contributed by atoms with Crippen LogP contribution in [0.4, 0.5) is 15.8 Å². The summed E-state index contributed by atoms with van der Waals surface area (Å²) in [4.78, 5) is 16.1. The Hall–Kier alpha value is -4.41. The monoisotopic (exact) mass is 574 g/mol. The van der Waals surface area contributed by atoms with Crippen molar-refractivity contribution < 1.29 is 9.31 Å². The maximum Gasteiger partial charge on any atom is 0.269 e. The minimum atomic E-state index is -0.436. The number of nitrogens with zero attached hydrogens (tertiary/aromatic N) is 6. The van der Waals surface area contributed by atoms with Crippen molar-refractivity contribution >= 4 is 40.5 Å². The van der Waals surface area contributed by atoms with Crippen LogP contribution in [0.1, 0.15) is 36.6 Å². The molecule has 8 nitrogen and oxygen atoms in total. The van der Waals surface area contributed by atoms with Gasteiger partial charge in [-0.1, -0.05) is 37.6 Å². The first-order valence-corrected chi connectivity index (χ1v) is 13.6. The number of nitro groups is 1. The highest BCUT2D eigenvalue weighted by Gasteiger charge is 2.15. The lowest BCUT2D eigenvalue weighted by molar-refractivity contribution is -0.384. The Labute approximate surface area is 238 Å². The predicted molar refractivity (Wildman–Crippen MR) is 156 cm³/mol. The molecule has 40 heavy (non-hydrogen) atoms. The molecule has 0 aliphatic carbocycles. The molecule has 202 valence electrons. The Morgan fingerprint density at radius 1 is 1.05 bits per heavy atom. The third-order valence-electron chi connectivity index (χ3n) is 6.27. The van der Waals surface area contributed by atoms with E-state index in [1.165, 1.54) is 45.8 Å². The second kappa shape index (κ2) is 11.4. The molecule has 2 heterocycles. The van der Waals surface area contributed by atoms with Crippen molar-refractivity contribution in [2.45, 2.75) is 26.7 Å². The van der Waals surface area contributed by atoms with Crippen LogP contribution in [0.2, 0.25) is 5.15 Å². The molecule has 0 saturated heterocycles. The van der Waals surface area contributed by atoms with E-state index in [4.69, 9.17) is 21.7 Å². The minimum absolute atomic E-state index is 0.000187. The topological polar surface area (TPSA) is 90.6 Å². The summed E-state index contributed by atoms with van der Waals surface area (Å²) in [6.07, 6.45) is 1.60. The lowest BCUT2D eigenvalue weighted by Crippen LogP contribution is -2.11. The number of benzene rings is 3. The quantitative estimate of drug-likeness (QED) is 0.113. The van der Waals surface area contributed by atoms with Crippen molar-refractivity contribution in [3.05, 3.63) is 121 Å². The SMILES string of the molecule is Cc1nn(-c2ccc(F)cc2)c(Cl)c1C=Nn1c(-c2ccc([N+](=O)[O-])cc2)csc1=Nc1ccc(C(C)C)cc1. The molecule has 0 aliphatic heterocycles. The van der Waals surface area contributed by atoms with Gasteiger partial charge in [0.1, 0.15) is 11.0 Å². The van der Waals surface area contributed by atoms with Crippen LogP contribution < -0.4 is 4.80 Å². The van der Waals surface area contributed by atoms with Crippen LogP contribution in [0.25, 0.3) is 16.9 Å². The predicted octanol–water partition coefficient (Wildman–Crippen LogP) is 7.65. The standard InChI is InChI=1S/C29H24ClFN6O2S/c1-18(2)20-4-10-23(11-5-20)33-29-36(27(17-40-29)21-6-12-25(13-7-21)37(38)39)32-16-26-19(3)34-35(28(26)30)24-14-8-22(31)9-15-24/h4-18H,1-3H3. The molecule has 0 N–H and O–H groups in total. The van der Waals surface area contributed by atoms with Gasteiger partial charge in [0.05, 0.1) is 39.5 Å². The molecule has 0 aliphatic rings. The van der Waals surface area contributed by atoms with E-state index in [2.05, 4.69) is 31.1 Å². The normalized spacial score (nSPS) is 12.1. The lowest BCUT2D eigenvalue weighted by Gasteiger charge is -2.05. The van der Waals surface area contributed by atoms with Crippen LogP contribution in [-0.4, -0.2) is 25.6 Å². The lowest BCUT2D eigenvalue weighted by atomic mass is 10.0. The zero-order valence-corrected chi connectivity index (χ0v) is 23.4. The van der Waals surface area contributed by atoms with Gasteiger partial charge in [-0.25, -0.2) is 18.7 Å². The number of aryl methyl sites for hydroxylation is 1. The molecular weight excluding hydrogens is 551 g/mol. The molecule has 0 radical (unpaired) electrons. The molecule has 11 heteroatoms. The van der Waals surface area contributed by atoms with E-state index in [0.29, 0.717) is 38.5 Å². The summed E-state index contributed by atoms with van der Waals surface area (Å²) in [6.45, 7) is 6.08. The average molecular weight is 575 g/mol. The van der Waals surface area contributed by atoms with Gasteiger partial charge in [-0.05, 0) is 66.9 Å². The third kappa shape index (κ3) is 5.63. The molecule has 0 fully saturated rings. The first kappa shape index (κ1) is 27.2. The van der Waals surface area contributed by atoms with E-state index in [1.807, 2.05) is 24.4 Å². The van der Waals surface area contributed by atoms with E-state index >= 15 is 0 Å². The van der Waals surface area contributed by atoms with Gasteiger partial charge in [-0.15, -0.1) is 11.3 Å². The van der Waals surface area contributed by atoms with Gasteiger partial charge in [0.25, 0.3) is 5.69 Å². The minimum Gasteiger partial charge on any atom is -0.258 e. The van der Waals surface area contributed by atoms with Crippen LogP contribution in [0, 0.1) is 22.9 Å². The van der Waals surface area contributed by atoms with E-state index in [0.717, 1.165) is 11.3 Å². The van der Waals surface area contributed by atoms with Gasteiger partial charge < -0.3 is 0 Å². The smallest absolute Gasteiger partial charge is 0.258 e. The van der Waals surface area contributed by atoms with E-state index in [1.54, 1.807) is 35.2 Å². The van der Waals surface area contributed by atoms with Crippen molar-refractivity contribution in [1.82, 2.24) is 14.5 Å². The fourth-order valence-electron chi connectivity index (χ4n) is 4.01. The number of thiazole rings is 1. The molecule has 2 aromatic heterocycles. The highest BCUT2D eigenvalue weighted by Crippen LogP contribution is 2.26. The highest BCUT2D eigenvalue weighted by molar-refractivity contribution is 7.07. The van der Waals surface area contributed by atoms with Crippen molar-refractivity contribution in [3.8, 4) is 16.9 Å². The Bertz CT molecular complexity index is 1770. The summed E-state index contributed by atoms with van der Waals surface area (Å²) in [6, 6.07) is 20.2. The molecular formula is C29H24ClFN6O2S. The molecule has 0 saturated carbocycles. The van der Waals surface area contributed by atoms with Crippen LogP contribution in [0.15, 0.2) is 88.3 Å². The van der Waals surface area contributed by atoms with Crippen LogP contribution in [-0.2, 0) is 0 Å². The molecule has 0 bridgehead atoms. The second-order valence-corrected chi connectivity index (χ2v) is 10.5. The summed E-state index contributed by atoms with van der Waals surface area (Å²) < 4.78 is 16.6. The Kier molecular flexibility index (Phi) is 7.72. The summed E-state index contributed by atoms with van der Waals surface area (Å²) >= 11 is 8.07. The first-order chi connectivity index (χ1) is 19.2. The molecule has 5 rings (SSSR count). The highest BCUT2D eigenvalue weighted by atomic mass is 35.5. The number of hydrogen-bond acceptors (Lipinski definition) is 6. The molecule has 0 spiro atoms. The summed E-state index contributed by atoms with van der Waals surface area (Å²) in [5.41, 5.74) is 5.26. The first-order valence-electron chi connectivity index (χ1n) is 12.4. The Morgan fingerprint density at radius 3 is 2.35 bits per heavy atom. The van der Waals surface area contributed by atoms with E-state index < -0.39 is 4.92 Å². The summed E-state index contributed by atoms with van der Waals surface area (Å²) in [7, 11) is 0. The Morgan fingerprint density at radius 2 is 1.73 bits per heavy atom. The average Bonchev–Trinajstić information content (AvgIpc) is 3.47. The Balaban J connectivity index is 1.60. The number of halogens is 2. The van der Waals surface area contributed by atoms with E-state index in [9.17, 15) is 14.5 Å². The van der Waals surface area contributed by atoms with Crippen LogP contribution >= 0.6 is 22.9 Å². The maximum atomic E-state index is 13.4. The fraction of sp³-hybridized carbons (Fsp3) is 0.138. The third-order valence-corrected chi connectivity index (χ3v) is 7.45.